The second kappa shape index (κ2) is 6.66. The molecular formula is C15H25N3O2S. The van der Waals surface area contributed by atoms with Crippen LogP contribution < -0.4 is 10.0 Å². The quantitative estimate of drug-likeness (QED) is 0.846. The van der Waals surface area contributed by atoms with Crippen LogP contribution in [0.15, 0.2) is 24.3 Å². The summed E-state index contributed by atoms with van der Waals surface area (Å²) in [6.45, 7) is 8.25. The maximum Gasteiger partial charge on any atom is 0.232 e. The average Bonchev–Trinajstić information content (AvgIpc) is 2.89. The number of likely N-dealkylation sites (tertiary alicyclic amines) is 1. The molecule has 1 fully saturated rings. The van der Waals surface area contributed by atoms with Gasteiger partial charge in [-0.1, -0.05) is 0 Å². The summed E-state index contributed by atoms with van der Waals surface area (Å²) in [4.78, 5) is 2.46. The molecule has 0 aliphatic carbocycles. The fourth-order valence-corrected chi connectivity index (χ4v) is 3.14. The first kappa shape index (κ1) is 16.1. The molecule has 21 heavy (non-hydrogen) atoms. The van der Waals surface area contributed by atoms with Crippen LogP contribution in [0.5, 0.6) is 0 Å². The topological polar surface area (TPSA) is 61.4 Å². The standard InChI is InChI=1S/C15H25N3O2S/c1-4-21(19,20)17-14-7-5-13(6-8-14)16-15-9-10-18(11-15)12(2)3/h5-8,12,15-17H,4,9-11H2,1-3H3. The zero-order valence-electron chi connectivity index (χ0n) is 13.0. The Bertz CT molecular complexity index is 555. The van der Waals surface area contributed by atoms with Crippen LogP contribution in [0, 0.1) is 0 Å². The Kier molecular flexibility index (Phi) is 5.11. The molecule has 0 saturated carbocycles. The number of rotatable bonds is 6. The summed E-state index contributed by atoms with van der Waals surface area (Å²) in [7, 11) is -3.20. The van der Waals surface area contributed by atoms with Gasteiger partial charge in [0.15, 0.2) is 0 Å². The summed E-state index contributed by atoms with van der Waals surface area (Å²) in [6.07, 6.45) is 1.14. The molecule has 0 spiro atoms. The van der Waals surface area contributed by atoms with Crippen molar-refractivity contribution >= 4 is 21.4 Å². The lowest BCUT2D eigenvalue weighted by molar-refractivity contribution is 0.274. The molecule has 1 unspecified atom stereocenters. The summed E-state index contributed by atoms with van der Waals surface area (Å²) in [5, 5.41) is 3.51. The van der Waals surface area contributed by atoms with Crippen molar-refractivity contribution in [1.82, 2.24) is 4.90 Å². The van der Waals surface area contributed by atoms with E-state index in [4.69, 9.17) is 0 Å². The molecule has 1 atom stereocenters. The molecule has 118 valence electrons. The minimum atomic E-state index is -3.20. The highest BCUT2D eigenvalue weighted by atomic mass is 32.2. The molecule has 0 radical (unpaired) electrons. The Morgan fingerprint density at radius 2 is 1.86 bits per heavy atom. The molecule has 1 aromatic rings. The van der Waals surface area contributed by atoms with Crippen molar-refractivity contribution in [2.45, 2.75) is 39.3 Å². The predicted molar refractivity (Wildman–Crippen MR) is 88.3 cm³/mol. The molecule has 1 aliphatic heterocycles. The van der Waals surface area contributed by atoms with E-state index >= 15 is 0 Å². The lowest BCUT2D eigenvalue weighted by Gasteiger charge is -2.21. The molecule has 0 amide bonds. The second-order valence-electron chi connectivity index (χ2n) is 5.80. The molecule has 1 aromatic carbocycles. The number of nitrogens with zero attached hydrogens (tertiary/aromatic N) is 1. The first-order valence-corrected chi connectivity index (χ1v) is 9.16. The zero-order valence-corrected chi connectivity index (χ0v) is 13.8. The van der Waals surface area contributed by atoms with E-state index in [1.165, 1.54) is 0 Å². The third kappa shape index (κ3) is 4.61. The Morgan fingerprint density at radius 1 is 1.24 bits per heavy atom. The fraction of sp³-hybridized carbons (Fsp3) is 0.600. The molecule has 0 aromatic heterocycles. The van der Waals surface area contributed by atoms with Gasteiger partial charge in [0, 0.05) is 36.5 Å². The van der Waals surface area contributed by atoms with Crippen molar-refractivity contribution in [1.29, 1.82) is 0 Å². The van der Waals surface area contributed by atoms with Gasteiger partial charge < -0.3 is 5.32 Å². The van der Waals surface area contributed by atoms with E-state index in [0.717, 1.165) is 25.2 Å². The molecule has 5 nitrogen and oxygen atoms in total. The second-order valence-corrected chi connectivity index (χ2v) is 7.81. The van der Waals surface area contributed by atoms with Crippen LogP contribution in [0.25, 0.3) is 0 Å². The van der Waals surface area contributed by atoms with Crippen LogP contribution >= 0.6 is 0 Å². The predicted octanol–water partition coefficient (Wildman–Crippen LogP) is 2.34. The zero-order chi connectivity index (χ0) is 15.5. The highest BCUT2D eigenvalue weighted by Gasteiger charge is 2.23. The normalized spacial score (nSPS) is 19.9. The number of nitrogens with one attached hydrogen (secondary N) is 2. The van der Waals surface area contributed by atoms with Gasteiger partial charge in [-0.2, -0.15) is 0 Å². The van der Waals surface area contributed by atoms with Gasteiger partial charge in [0.25, 0.3) is 0 Å². The number of hydrogen-bond donors (Lipinski definition) is 2. The third-order valence-corrected chi connectivity index (χ3v) is 5.17. The molecule has 6 heteroatoms. The van der Waals surface area contributed by atoms with Crippen LogP contribution in [0.3, 0.4) is 0 Å². The summed E-state index contributed by atoms with van der Waals surface area (Å²) < 4.78 is 25.5. The van der Waals surface area contributed by atoms with Gasteiger partial charge in [-0.3, -0.25) is 9.62 Å². The van der Waals surface area contributed by atoms with Crippen LogP contribution in [0.2, 0.25) is 0 Å². The van der Waals surface area contributed by atoms with Gasteiger partial charge in [0.2, 0.25) is 10.0 Å². The van der Waals surface area contributed by atoms with E-state index in [-0.39, 0.29) is 5.75 Å². The highest BCUT2D eigenvalue weighted by Crippen LogP contribution is 2.20. The summed E-state index contributed by atoms with van der Waals surface area (Å²) in [6, 6.07) is 8.49. The number of hydrogen-bond acceptors (Lipinski definition) is 4. The maximum absolute atomic E-state index is 11.5. The van der Waals surface area contributed by atoms with Crippen molar-refractivity contribution in [2.75, 3.05) is 28.9 Å². The molecule has 1 heterocycles. The van der Waals surface area contributed by atoms with Gasteiger partial charge in [-0.05, 0) is 51.5 Å². The van der Waals surface area contributed by atoms with E-state index in [0.29, 0.717) is 17.8 Å². The Hall–Kier alpha value is -1.27. The van der Waals surface area contributed by atoms with Gasteiger partial charge in [-0.15, -0.1) is 0 Å². The van der Waals surface area contributed by atoms with Crippen LogP contribution in [-0.2, 0) is 10.0 Å². The van der Waals surface area contributed by atoms with Crippen molar-refractivity contribution in [3.05, 3.63) is 24.3 Å². The summed E-state index contributed by atoms with van der Waals surface area (Å²) >= 11 is 0. The monoisotopic (exact) mass is 311 g/mol. The lowest BCUT2D eigenvalue weighted by atomic mass is 10.2. The SMILES string of the molecule is CCS(=O)(=O)Nc1ccc(NC2CCN(C(C)C)C2)cc1. The highest BCUT2D eigenvalue weighted by molar-refractivity contribution is 7.92. The molecule has 1 aliphatic rings. The number of sulfonamides is 1. The lowest BCUT2D eigenvalue weighted by Crippen LogP contribution is -2.31. The Balaban J connectivity index is 1.91. The van der Waals surface area contributed by atoms with Crippen molar-refractivity contribution in [2.24, 2.45) is 0 Å². The van der Waals surface area contributed by atoms with Gasteiger partial charge in [-0.25, -0.2) is 8.42 Å². The van der Waals surface area contributed by atoms with E-state index in [2.05, 4.69) is 28.8 Å². The van der Waals surface area contributed by atoms with E-state index in [9.17, 15) is 8.42 Å². The van der Waals surface area contributed by atoms with Crippen molar-refractivity contribution < 1.29 is 8.42 Å². The van der Waals surface area contributed by atoms with Crippen molar-refractivity contribution in [3.63, 3.8) is 0 Å². The van der Waals surface area contributed by atoms with Gasteiger partial charge in [0.1, 0.15) is 0 Å². The van der Waals surface area contributed by atoms with E-state index in [1.807, 2.05) is 12.1 Å². The average molecular weight is 311 g/mol. The van der Waals surface area contributed by atoms with Crippen LogP contribution in [0.4, 0.5) is 11.4 Å². The van der Waals surface area contributed by atoms with Gasteiger partial charge >= 0.3 is 0 Å². The maximum atomic E-state index is 11.5. The fourth-order valence-electron chi connectivity index (χ4n) is 2.50. The smallest absolute Gasteiger partial charge is 0.232 e. The first-order chi connectivity index (χ1) is 9.89. The molecule has 2 N–H and O–H groups in total. The number of anilines is 2. The Labute approximate surface area is 127 Å². The molecule has 0 bridgehead atoms. The molecular weight excluding hydrogens is 286 g/mol. The number of benzene rings is 1. The first-order valence-electron chi connectivity index (χ1n) is 7.51. The third-order valence-electron chi connectivity index (χ3n) is 3.86. The van der Waals surface area contributed by atoms with E-state index in [1.54, 1.807) is 19.1 Å². The minimum Gasteiger partial charge on any atom is -0.381 e. The minimum absolute atomic E-state index is 0.0834. The van der Waals surface area contributed by atoms with Gasteiger partial charge in [0.05, 0.1) is 5.75 Å². The summed E-state index contributed by atoms with van der Waals surface area (Å²) in [5.74, 6) is 0.0834. The Morgan fingerprint density at radius 3 is 2.38 bits per heavy atom. The van der Waals surface area contributed by atoms with Crippen molar-refractivity contribution in [3.8, 4) is 0 Å². The van der Waals surface area contributed by atoms with Crippen LogP contribution in [-0.4, -0.2) is 44.2 Å². The van der Waals surface area contributed by atoms with E-state index < -0.39 is 10.0 Å². The largest absolute Gasteiger partial charge is 0.381 e. The van der Waals surface area contributed by atoms with Crippen LogP contribution in [0.1, 0.15) is 27.2 Å². The molecule has 2 rings (SSSR count). The summed E-state index contributed by atoms with van der Waals surface area (Å²) in [5.41, 5.74) is 1.64. The molecule has 1 saturated heterocycles.